The molecule has 0 bridgehead atoms. The van der Waals surface area contributed by atoms with E-state index < -0.39 is 5.38 Å². The molecule has 1 fully saturated rings. The highest BCUT2D eigenvalue weighted by molar-refractivity contribution is 6.22. The average Bonchev–Trinajstić information content (AvgIpc) is 2.18. The van der Waals surface area contributed by atoms with Gasteiger partial charge >= 0.3 is 0 Å². The maximum Gasteiger partial charge on any atom is 0.234 e. The number of rotatable bonds is 3. The van der Waals surface area contributed by atoms with Gasteiger partial charge in [0.25, 0.3) is 0 Å². The number of amides is 1. The summed E-state index contributed by atoms with van der Waals surface area (Å²) in [5.41, 5.74) is 5.27. The lowest BCUT2D eigenvalue weighted by molar-refractivity contribution is -0.124. The van der Waals surface area contributed by atoms with E-state index in [1.165, 1.54) is 0 Å². The van der Waals surface area contributed by atoms with Crippen LogP contribution in [-0.2, 0) is 4.79 Å². The molecular formula is C9H14ClN3O. The van der Waals surface area contributed by atoms with Crippen LogP contribution in [0.4, 0.5) is 0 Å². The van der Waals surface area contributed by atoms with Crippen molar-refractivity contribution in [2.45, 2.75) is 30.7 Å². The van der Waals surface area contributed by atoms with E-state index in [0.717, 1.165) is 25.8 Å². The number of carbonyl (C=O) groups is 1. The summed E-state index contributed by atoms with van der Waals surface area (Å²) in [5.74, 6) is -0.313. The summed E-state index contributed by atoms with van der Waals surface area (Å²) in [6.07, 6.45) is 2.84. The Kier molecular flexibility index (Phi) is 4.18. The molecule has 0 aromatic rings. The van der Waals surface area contributed by atoms with Gasteiger partial charge in [-0.05, 0) is 19.4 Å². The van der Waals surface area contributed by atoms with Crippen molar-refractivity contribution in [1.82, 2.24) is 4.90 Å². The Hall–Kier alpha value is -0.790. The predicted molar refractivity (Wildman–Crippen MR) is 53.7 cm³/mol. The number of nitriles is 1. The number of primary amides is 1. The zero-order chi connectivity index (χ0) is 10.6. The minimum Gasteiger partial charge on any atom is -0.368 e. The second kappa shape index (κ2) is 5.18. The molecule has 1 aliphatic rings. The van der Waals surface area contributed by atoms with Gasteiger partial charge in [0.2, 0.25) is 5.91 Å². The molecule has 14 heavy (non-hydrogen) atoms. The Balaban J connectivity index is 2.55. The maximum absolute atomic E-state index is 11.1. The van der Waals surface area contributed by atoms with Gasteiger partial charge in [0.1, 0.15) is 5.38 Å². The first kappa shape index (κ1) is 11.3. The molecule has 1 rings (SSSR count). The number of carbonyl (C=O) groups excluding carboxylic acids is 1. The van der Waals surface area contributed by atoms with Gasteiger partial charge in [-0.25, -0.2) is 0 Å². The molecule has 2 N–H and O–H groups in total. The number of halogens is 1. The Bertz CT molecular complexity index is 251. The van der Waals surface area contributed by atoms with Gasteiger partial charge in [-0.15, -0.1) is 11.6 Å². The fourth-order valence-corrected chi connectivity index (χ4v) is 1.96. The fraction of sp³-hybridized carbons (Fsp3) is 0.778. The topological polar surface area (TPSA) is 70.1 Å². The van der Waals surface area contributed by atoms with Crippen LogP contribution >= 0.6 is 11.6 Å². The molecule has 78 valence electrons. The van der Waals surface area contributed by atoms with E-state index in [1.807, 2.05) is 11.0 Å². The van der Waals surface area contributed by atoms with E-state index in [0.29, 0.717) is 6.54 Å². The standard InChI is InChI=1S/C9H14ClN3O/c10-7(5-11)6-13-4-2-1-3-8(13)9(12)14/h7-8H,1-4,6H2,(H2,12,14). The summed E-state index contributed by atoms with van der Waals surface area (Å²) in [4.78, 5) is 13.0. The summed E-state index contributed by atoms with van der Waals surface area (Å²) < 4.78 is 0. The van der Waals surface area contributed by atoms with Crippen LogP contribution in [0.3, 0.4) is 0 Å². The summed E-state index contributed by atoms with van der Waals surface area (Å²) in [7, 11) is 0. The first-order valence-corrected chi connectivity index (χ1v) is 5.16. The SMILES string of the molecule is N#CC(Cl)CN1CCCCC1C(N)=O. The molecule has 0 spiro atoms. The zero-order valence-corrected chi connectivity index (χ0v) is 8.70. The molecule has 1 heterocycles. The second-order valence-electron chi connectivity index (χ2n) is 3.51. The van der Waals surface area contributed by atoms with Gasteiger partial charge in [0, 0.05) is 6.54 Å². The Morgan fingerprint density at radius 1 is 1.71 bits per heavy atom. The van der Waals surface area contributed by atoms with Crippen LogP contribution in [0.5, 0.6) is 0 Å². The number of hydrogen-bond donors (Lipinski definition) is 1. The second-order valence-corrected chi connectivity index (χ2v) is 4.03. The summed E-state index contributed by atoms with van der Waals surface area (Å²) in [5, 5.41) is 8.01. The van der Waals surface area contributed by atoms with E-state index >= 15 is 0 Å². The van der Waals surface area contributed by atoms with E-state index in [9.17, 15) is 4.79 Å². The molecule has 2 atom stereocenters. The van der Waals surface area contributed by atoms with Crippen molar-refractivity contribution in [1.29, 1.82) is 5.26 Å². The number of likely N-dealkylation sites (tertiary alicyclic amines) is 1. The quantitative estimate of drug-likeness (QED) is 0.696. The molecule has 0 aromatic heterocycles. The fourth-order valence-electron chi connectivity index (χ4n) is 1.78. The predicted octanol–water partition coefficient (Wildman–Crippen LogP) is 0.457. The van der Waals surface area contributed by atoms with Gasteiger partial charge in [-0.3, -0.25) is 9.69 Å². The molecule has 1 amide bonds. The minimum atomic E-state index is -0.560. The molecule has 0 radical (unpaired) electrons. The van der Waals surface area contributed by atoms with Crippen LogP contribution in [0.15, 0.2) is 0 Å². The van der Waals surface area contributed by atoms with Crippen LogP contribution in [-0.4, -0.2) is 35.3 Å². The van der Waals surface area contributed by atoms with Crippen molar-refractivity contribution < 1.29 is 4.79 Å². The van der Waals surface area contributed by atoms with Crippen LogP contribution in [0.2, 0.25) is 0 Å². The minimum absolute atomic E-state index is 0.238. The smallest absolute Gasteiger partial charge is 0.234 e. The number of piperidine rings is 1. The van der Waals surface area contributed by atoms with Crippen molar-refractivity contribution in [3.05, 3.63) is 0 Å². The zero-order valence-electron chi connectivity index (χ0n) is 7.95. The van der Waals surface area contributed by atoms with Crippen molar-refractivity contribution in [2.75, 3.05) is 13.1 Å². The summed E-state index contributed by atoms with van der Waals surface area (Å²) >= 11 is 5.71. The third kappa shape index (κ3) is 2.86. The average molecular weight is 216 g/mol. The highest BCUT2D eigenvalue weighted by Crippen LogP contribution is 2.17. The molecule has 0 aromatic carbocycles. The van der Waals surface area contributed by atoms with Crippen molar-refractivity contribution in [3.63, 3.8) is 0 Å². The molecule has 2 unspecified atom stereocenters. The molecule has 1 aliphatic heterocycles. The highest BCUT2D eigenvalue weighted by atomic mass is 35.5. The van der Waals surface area contributed by atoms with Crippen LogP contribution in [0.1, 0.15) is 19.3 Å². The largest absolute Gasteiger partial charge is 0.368 e. The van der Waals surface area contributed by atoms with Crippen LogP contribution in [0, 0.1) is 11.3 Å². The normalized spacial score (nSPS) is 25.3. The van der Waals surface area contributed by atoms with Crippen molar-refractivity contribution in [2.24, 2.45) is 5.73 Å². The Morgan fingerprint density at radius 2 is 2.43 bits per heavy atom. The van der Waals surface area contributed by atoms with Gasteiger partial charge in [0.05, 0.1) is 12.1 Å². The Morgan fingerprint density at radius 3 is 3.00 bits per heavy atom. The Labute approximate surface area is 88.6 Å². The van der Waals surface area contributed by atoms with Crippen LogP contribution in [0.25, 0.3) is 0 Å². The lowest BCUT2D eigenvalue weighted by Gasteiger charge is -2.33. The molecule has 0 saturated carbocycles. The monoisotopic (exact) mass is 215 g/mol. The highest BCUT2D eigenvalue weighted by Gasteiger charge is 2.27. The molecule has 0 aliphatic carbocycles. The number of hydrogen-bond acceptors (Lipinski definition) is 3. The number of nitrogens with zero attached hydrogens (tertiary/aromatic N) is 2. The molecule has 4 nitrogen and oxygen atoms in total. The first-order chi connectivity index (χ1) is 6.65. The van der Waals surface area contributed by atoms with Crippen LogP contribution < -0.4 is 5.73 Å². The molecule has 5 heteroatoms. The summed E-state index contributed by atoms with van der Waals surface area (Å²) in [6, 6.07) is 1.71. The third-order valence-electron chi connectivity index (χ3n) is 2.48. The van der Waals surface area contributed by atoms with E-state index in [-0.39, 0.29) is 11.9 Å². The first-order valence-electron chi connectivity index (χ1n) is 4.72. The molecule has 1 saturated heterocycles. The van der Waals surface area contributed by atoms with Gasteiger partial charge in [-0.2, -0.15) is 5.26 Å². The third-order valence-corrected chi connectivity index (χ3v) is 2.71. The lowest BCUT2D eigenvalue weighted by atomic mass is 10.0. The lowest BCUT2D eigenvalue weighted by Crippen LogP contribution is -2.49. The van der Waals surface area contributed by atoms with E-state index in [1.54, 1.807) is 0 Å². The van der Waals surface area contributed by atoms with Gasteiger partial charge < -0.3 is 5.73 Å². The number of nitrogens with two attached hydrogens (primary N) is 1. The van der Waals surface area contributed by atoms with Gasteiger partial charge in [0.15, 0.2) is 0 Å². The van der Waals surface area contributed by atoms with E-state index in [2.05, 4.69) is 0 Å². The van der Waals surface area contributed by atoms with E-state index in [4.69, 9.17) is 22.6 Å². The van der Waals surface area contributed by atoms with Crippen molar-refractivity contribution in [3.8, 4) is 6.07 Å². The molecular weight excluding hydrogens is 202 g/mol. The maximum atomic E-state index is 11.1. The van der Waals surface area contributed by atoms with Gasteiger partial charge in [-0.1, -0.05) is 6.42 Å². The number of alkyl halides is 1. The summed E-state index contributed by atoms with van der Waals surface area (Å²) in [6.45, 7) is 1.23. The van der Waals surface area contributed by atoms with Crippen molar-refractivity contribution >= 4 is 17.5 Å².